The number of carbonyl (C=O) groups excluding carboxylic acids is 1. The van der Waals surface area contributed by atoms with Gasteiger partial charge in [-0.2, -0.15) is 0 Å². The van der Waals surface area contributed by atoms with Gasteiger partial charge in [0.2, 0.25) is 0 Å². The second kappa shape index (κ2) is 6.12. The number of methoxy groups -OCH3 is 1. The molecule has 0 bridgehead atoms. The third-order valence-electron chi connectivity index (χ3n) is 1.53. The van der Waals surface area contributed by atoms with E-state index in [0.29, 0.717) is 6.54 Å². The van der Waals surface area contributed by atoms with Crippen LogP contribution in [-0.2, 0) is 9.53 Å². The molecule has 0 aliphatic rings. The molecule has 0 fully saturated rings. The first-order valence-electron chi connectivity index (χ1n) is 3.71. The van der Waals surface area contributed by atoms with Crippen molar-refractivity contribution in [2.75, 3.05) is 20.7 Å². The van der Waals surface area contributed by atoms with Gasteiger partial charge in [0.1, 0.15) is 6.04 Å². The average Bonchev–Trinajstić information content (AvgIpc) is 2.05. The van der Waals surface area contributed by atoms with Crippen molar-refractivity contribution in [3.63, 3.8) is 0 Å². The molecule has 0 rings (SSSR count). The summed E-state index contributed by atoms with van der Waals surface area (Å²) < 4.78 is 4.56. The first kappa shape index (κ1) is 10.4. The molecular formula is C7H16N2O2. The standard InChI is InChI=1S/C7H16N2O2/c1-9-6(4-3-5-8)7(10)11-2/h6,9H,3-5,8H2,1-2H3/t6-/m1/s1. The summed E-state index contributed by atoms with van der Waals surface area (Å²) >= 11 is 0. The second-order valence-corrected chi connectivity index (χ2v) is 2.30. The van der Waals surface area contributed by atoms with E-state index in [1.807, 2.05) is 0 Å². The van der Waals surface area contributed by atoms with Gasteiger partial charge in [-0.15, -0.1) is 0 Å². The molecule has 0 aliphatic carbocycles. The molecule has 4 heteroatoms. The summed E-state index contributed by atoms with van der Waals surface area (Å²) in [5, 5.41) is 2.86. The Morgan fingerprint density at radius 2 is 2.36 bits per heavy atom. The van der Waals surface area contributed by atoms with E-state index in [9.17, 15) is 4.79 Å². The number of rotatable bonds is 5. The van der Waals surface area contributed by atoms with Gasteiger partial charge in [0.15, 0.2) is 0 Å². The summed E-state index contributed by atoms with van der Waals surface area (Å²) in [4.78, 5) is 10.9. The van der Waals surface area contributed by atoms with Crippen LogP contribution in [0.25, 0.3) is 0 Å². The lowest BCUT2D eigenvalue weighted by Crippen LogP contribution is -2.35. The van der Waals surface area contributed by atoms with Crippen LogP contribution in [0.3, 0.4) is 0 Å². The van der Waals surface area contributed by atoms with Crippen LogP contribution >= 0.6 is 0 Å². The fourth-order valence-electron chi connectivity index (χ4n) is 0.844. The SMILES string of the molecule is CN[C@H](CCCN)C(=O)OC. The summed E-state index contributed by atoms with van der Waals surface area (Å²) in [6, 6.07) is -0.205. The van der Waals surface area contributed by atoms with E-state index in [1.54, 1.807) is 7.05 Å². The number of likely N-dealkylation sites (N-methyl/N-ethyl adjacent to an activating group) is 1. The summed E-state index contributed by atoms with van der Waals surface area (Å²) in [5.74, 6) is -0.221. The highest BCUT2D eigenvalue weighted by Gasteiger charge is 2.14. The molecule has 0 aliphatic heterocycles. The maximum Gasteiger partial charge on any atom is 0.322 e. The van der Waals surface area contributed by atoms with Gasteiger partial charge in [0.25, 0.3) is 0 Å². The Balaban J connectivity index is 3.65. The zero-order chi connectivity index (χ0) is 8.69. The molecule has 0 unspecified atom stereocenters. The number of carbonyl (C=O) groups is 1. The lowest BCUT2D eigenvalue weighted by Gasteiger charge is -2.11. The van der Waals surface area contributed by atoms with Gasteiger partial charge in [-0.1, -0.05) is 0 Å². The molecule has 11 heavy (non-hydrogen) atoms. The van der Waals surface area contributed by atoms with Crippen molar-refractivity contribution >= 4 is 5.97 Å². The monoisotopic (exact) mass is 160 g/mol. The minimum absolute atomic E-state index is 0.205. The molecule has 4 nitrogen and oxygen atoms in total. The van der Waals surface area contributed by atoms with Gasteiger partial charge in [-0.05, 0) is 26.4 Å². The van der Waals surface area contributed by atoms with Crippen LogP contribution in [0, 0.1) is 0 Å². The van der Waals surface area contributed by atoms with Gasteiger partial charge in [0.05, 0.1) is 7.11 Å². The van der Waals surface area contributed by atoms with Crippen LogP contribution < -0.4 is 11.1 Å². The molecule has 3 N–H and O–H groups in total. The van der Waals surface area contributed by atoms with Crippen LogP contribution in [0.15, 0.2) is 0 Å². The molecule has 1 atom stereocenters. The van der Waals surface area contributed by atoms with E-state index in [0.717, 1.165) is 12.8 Å². The zero-order valence-corrected chi connectivity index (χ0v) is 7.09. The highest BCUT2D eigenvalue weighted by molar-refractivity contribution is 5.75. The highest BCUT2D eigenvalue weighted by Crippen LogP contribution is 1.96. The summed E-state index contributed by atoms with van der Waals surface area (Å²) in [5.41, 5.74) is 5.29. The maximum atomic E-state index is 10.9. The average molecular weight is 160 g/mol. The van der Waals surface area contributed by atoms with Gasteiger partial charge in [0, 0.05) is 0 Å². The Hall–Kier alpha value is -0.610. The number of ether oxygens (including phenoxy) is 1. The Kier molecular flexibility index (Phi) is 5.78. The molecule has 0 radical (unpaired) electrons. The third kappa shape index (κ3) is 3.95. The van der Waals surface area contributed by atoms with Crippen LogP contribution in [0.2, 0.25) is 0 Å². The Labute approximate surface area is 67.1 Å². The Bertz CT molecular complexity index is 117. The topological polar surface area (TPSA) is 64.3 Å². The van der Waals surface area contributed by atoms with Crippen LogP contribution in [0.4, 0.5) is 0 Å². The van der Waals surface area contributed by atoms with Crippen molar-refractivity contribution < 1.29 is 9.53 Å². The fourth-order valence-corrected chi connectivity index (χ4v) is 0.844. The largest absolute Gasteiger partial charge is 0.468 e. The number of hydrogen-bond donors (Lipinski definition) is 2. The van der Waals surface area contributed by atoms with E-state index in [1.165, 1.54) is 7.11 Å². The van der Waals surface area contributed by atoms with Gasteiger partial charge < -0.3 is 15.8 Å². The predicted octanol–water partition coefficient (Wildman–Crippen LogP) is -0.514. The van der Waals surface area contributed by atoms with E-state index in [-0.39, 0.29) is 12.0 Å². The molecule has 0 aromatic heterocycles. The first-order chi connectivity index (χ1) is 5.26. The third-order valence-corrected chi connectivity index (χ3v) is 1.53. The minimum atomic E-state index is -0.221. The van der Waals surface area contributed by atoms with E-state index in [4.69, 9.17) is 5.73 Å². The van der Waals surface area contributed by atoms with E-state index in [2.05, 4.69) is 10.1 Å². The summed E-state index contributed by atoms with van der Waals surface area (Å²) in [6.07, 6.45) is 1.57. The summed E-state index contributed by atoms with van der Waals surface area (Å²) in [7, 11) is 3.12. The molecular weight excluding hydrogens is 144 g/mol. The van der Waals surface area contributed by atoms with Crippen molar-refractivity contribution in [3.8, 4) is 0 Å². The Morgan fingerprint density at radius 3 is 2.73 bits per heavy atom. The normalized spacial score (nSPS) is 12.6. The maximum absolute atomic E-state index is 10.9. The van der Waals surface area contributed by atoms with Crippen LogP contribution in [0.1, 0.15) is 12.8 Å². The van der Waals surface area contributed by atoms with Crippen molar-refractivity contribution in [1.29, 1.82) is 0 Å². The fraction of sp³-hybridized carbons (Fsp3) is 0.857. The molecule has 66 valence electrons. The Morgan fingerprint density at radius 1 is 1.73 bits per heavy atom. The molecule has 0 spiro atoms. The van der Waals surface area contributed by atoms with Crippen molar-refractivity contribution in [2.45, 2.75) is 18.9 Å². The lowest BCUT2D eigenvalue weighted by molar-refractivity contribution is -0.143. The lowest BCUT2D eigenvalue weighted by atomic mass is 10.1. The van der Waals surface area contributed by atoms with Crippen molar-refractivity contribution in [1.82, 2.24) is 5.32 Å². The quantitative estimate of drug-likeness (QED) is 0.531. The number of hydrogen-bond acceptors (Lipinski definition) is 4. The molecule has 0 saturated carbocycles. The number of nitrogens with two attached hydrogens (primary N) is 1. The minimum Gasteiger partial charge on any atom is -0.468 e. The number of esters is 1. The van der Waals surface area contributed by atoms with Crippen LogP contribution in [0.5, 0.6) is 0 Å². The van der Waals surface area contributed by atoms with Crippen molar-refractivity contribution in [3.05, 3.63) is 0 Å². The molecule has 0 saturated heterocycles. The zero-order valence-electron chi connectivity index (χ0n) is 7.09. The summed E-state index contributed by atoms with van der Waals surface area (Å²) in [6.45, 7) is 0.606. The van der Waals surface area contributed by atoms with Crippen molar-refractivity contribution in [2.24, 2.45) is 5.73 Å². The molecule has 0 heterocycles. The second-order valence-electron chi connectivity index (χ2n) is 2.30. The molecule has 0 aromatic carbocycles. The first-order valence-corrected chi connectivity index (χ1v) is 3.71. The van der Waals surface area contributed by atoms with E-state index >= 15 is 0 Å². The number of nitrogens with one attached hydrogen (secondary N) is 1. The van der Waals surface area contributed by atoms with Crippen LogP contribution in [-0.4, -0.2) is 32.7 Å². The predicted molar refractivity (Wildman–Crippen MR) is 43.2 cm³/mol. The highest BCUT2D eigenvalue weighted by atomic mass is 16.5. The smallest absolute Gasteiger partial charge is 0.322 e. The molecule has 0 aromatic rings. The van der Waals surface area contributed by atoms with Gasteiger partial charge >= 0.3 is 5.97 Å². The molecule has 0 amide bonds. The van der Waals surface area contributed by atoms with Gasteiger partial charge in [-0.3, -0.25) is 4.79 Å². The van der Waals surface area contributed by atoms with E-state index < -0.39 is 0 Å². The van der Waals surface area contributed by atoms with Gasteiger partial charge in [-0.25, -0.2) is 0 Å².